The molecule has 1 heterocycles. The van der Waals surface area contributed by atoms with Crippen molar-refractivity contribution in [3.05, 3.63) is 18.2 Å². The third kappa shape index (κ3) is 1.90. The first kappa shape index (κ1) is 10.2. The largest absolute Gasteiger partial charge is 0.331 e. The minimum absolute atomic E-state index is 0.179. The van der Waals surface area contributed by atoms with Gasteiger partial charge >= 0.3 is 0 Å². The summed E-state index contributed by atoms with van der Waals surface area (Å²) in [5.41, 5.74) is 0. The molecule has 3 nitrogen and oxygen atoms in total. The zero-order valence-electron chi connectivity index (χ0n) is 9.19. The van der Waals surface area contributed by atoms with E-state index in [-0.39, 0.29) is 5.92 Å². The third-order valence-electron chi connectivity index (χ3n) is 3.32. The van der Waals surface area contributed by atoms with Gasteiger partial charge < -0.3 is 4.57 Å². The van der Waals surface area contributed by atoms with Crippen LogP contribution >= 0.6 is 0 Å². The van der Waals surface area contributed by atoms with Gasteiger partial charge in [-0.2, -0.15) is 5.26 Å². The van der Waals surface area contributed by atoms with Gasteiger partial charge in [0.2, 0.25) is 0 Å². The molecule has 1 aromatic rings. The van der Waals surface area contributed by atoms with Gasteiger partial charge in [0.1, 0.15) is 5.82 Å². The number of hydrogen-bond donors (Lipinski definition) is 0. The van der Waals surface area contributed by atoms with E-state index in [1.807, 2.05) is 12.4 Å². The SMILES string of the molecule is CCc1nccn1C1CCCCC1C#N. The van der Waals surface area contributed by atoms with Crippen molar-refractivity contribution in [2.75, 3.05) is 0 Å². The fraction of sp³-hybridized carbons (Fsp3) is 0.667. The van der Waals surface area contributed by atoms with Gasteiger partial charge in [0.25, 0.3) is 0 Å². The first-order valence-corrected chi connectivity index (χ1v) is 5.78. The minimum atomic E-state index is 0.179. The molecule has 2 atom stereocenters. The summed E-state index contributed by atoms with van der Waals surface area (Å²) in [6, 6.07) is 2.81. The summed E-state index contributed by atoms with van der Waals surface area (Å²) in [5.74, 6) is 1.29. The number of nitrogens with zero attached hydrogens (tertiary/aromatic N) is 3. The summed E-state index contributed by atoms with van der Waals surface area (Å²) in [4.78, 5) is 4.33. The second-order valence-corrected chi connectivity index (χ2v) is 4.19. The van der Waals surface area contributed by atoms with Crippen LogP contribution < -0.4 is 0 Å². The van der Waals surface area contributed by atoms with Crippen LogP contribution in [-0.4, -0.2) is 9.55 Å². The van der Waals surface area contributed by atoms with Crippen molar-refractivity contribution < 1.29 is 0 Å². The Bertz CT molecular complexity index is 361. The second-order valence-electron chi connectivity index (χ2n) is 4.19. The highest BCUT2D eigenvalue weighted by Gasteiger charge is 2.27. The molecular weight excluding hydrogens is 186 g/mol. The van der Waals surface area contributed by atoms with Crippen LogP contribution in [0.5, 0.6) is 0 Å². The van der Waals surface area contributed by atoms with E-state index in [0.29, 0.717) is 6.04 Å². The van der Waals surface area contributed by atoms with Crippen LogP contribution in [0.3, 0.4) is 0 Å². The first-order valence-electron chi connectivity index (χ1n) is 5.78. The molecule has 1 aliphatic carbocycles. The third-order valence-corrected chi connectivity index (χ3v) is 3.32. The molecule has 80 valence electrons. The smallest absolute Gasteiger partial charge is 0.108 e. The summed E-state index contributed by atoms with van der Waals surface area (Å²) in [6.45, 7) is 2.11. The molecule has 0 amide bonds. The van der Waals surface area contributed by atoms with E-state index in [0.717, 1.165) is 25.1 Å². The zero-order chi connectivity index (χ0) is 10.7. The molecule has 15 heavy (non-hydrogen) atoms. The van der Waals surface area contributed by atoms with E-state index in [4.69, 9.17) is 5.26 Å². The van der Waals surface area contributed by atoms with Crippen LogP contribution in [0, 0.1) is 17.2 Å². The molecule has 0 aromatic carbocycles. The molecule has 0 aliphatic heterocycles. The Kier molecular flexibility index (Phi) is 3.05. The Morgan fingerprint density at radius 2 is 2.33 bits per heavy atom. The molecule has 0 N–H and O–H groups in total. The van der Waals surface area contributed by atoms with Crippen LogP contribution in [0.2, 0.25) is 0 Å². The number of imidazole rings is 1. The highest BCUT2D eigenvalue weighted by molar-refractivity contribution is 5.01. The predicted octanol–water partition coefficient (Wildman–Crippen LogP) is 2.70. The first-order chi connectivity index (χ1) is 7.36. The molecule has 2 rings (SSSR count). The molecule has 1 aliphatic rings. The van der Waals surface area contributed by atoms with Crippen LogP contribution in [0.15, 0.2) is 12.4 Å². The van der Waals surface area contributed by atoms with Crippen LogP contribution in [-0.2, 0) is 6.42 Å². The molecule has 0 radical (unpaired) electrons. The number of hydrogen-bond acceptors (Lipinski definition) is 2. The van der Waals surface area contributed by atoms with Crippen LogP contribution in [0.25, 0.3) is 0 Å². The molecule has 0 spiro atoms. The highest BCUT2D eigenvalue weighted by Crippen LogP contribution is 2.34. The summed E-state index contributed by atoms with van der Waals surface area (Å²) in [6.07, 6.45) is 9.43. The Hall–Kier alpha value is -1.30. The molecular formula is C12H17N3. The Morgan fingerprint density at radius 1 is 1.53 bits per heavy atom. The summed E-state index contributed by atoms with van der Waals surface area (Å²) in [7, 11) is 0. The Morgan fingerprint density at radius 3 is 3.07 bits per heavy atom. The number of aryl methyl sites for hydroxylation is 1. The summed E-state index contributed by atoms with van der Waals surface area (Å²) < 4.78 is 2.22. The average Bonchev–Trinajstić information content (AvgIpc) is 2.76. The normalized spacial score (nSPS) is 26.1. The van der Waals surface area contributed by atoms with Gasteiger partial charge in [0, 0.05) is 18.8 Å². The van der Waals surface area contributed by atoms with E-state index in [9.17, 15) is 0 Å². The maximum absolute atomic E-state index is 9.14. The lowest BCUT2D eigenvalue weighted by Gasteiger charge is -2.29. The van der Waals surface area contributed by atoms with Crippen molar-refractivity contribution in [1.29, 1.82) is 5.26 Å². The van der Waals surface area contributed by atoms with E-state index >= 15 is 0 Å². The lowest BCUT2D eigenvalue weighted by molar-refractivity contribution is 0.284. The van der Waals surface area contributed by atoms with E-state index < -0.39 is 0 Å². The van der Waals surface area contributed by atoms with Gasteiger partial charge in [-0.1, -0.05) is 19.8 Å². The lowest BCUT2D eigenvalue weighted by atomic mass is 9.85. The molecule has 1 aromatic heterocycles. The number of nitriles is 1. The van der Waals surface area contributed by atoms with Crippen molar-refractivity contribution in [1.82, 2.24) is 9.55 Å². The average molecular weight is 203 g/mol. The fourth-order valence-electron chi connectivity index (χ4n) is 2.51. The van der Waals surface area contributed by atoms with Gasteiger partial charge in [-0.05, 0) is 12.8 Å². The van der Waals surface area contributed by atoms with E-state index in [2.05, 4.69) is 22.5 Å². The van der Waals surface area contributed by atoms with Crippen molar-refractivity contribution in [3.8, 4) is 6.07 Å². The molecule has 1 fully saturated rings. The van der Waals surface area contributed by atoms with Gasteiger partial charge in [0.15, 0.2) is 0 Å². The van der Waals surface area contributed by atoms with Gasteiger partial charge in [-0.3, -0.25) is 0 Å². The summed E-state index contributed by atoms with van der Waals surface area (Å²) in [5, 5.41) is 9.14. The highest BCUT2D eigenvalue weighted by atomic mass is 15.1. The topological polar surface area (TPSA) is 41.6 Å². The predicted molar refractivity (Wildman–Crippen MR) is 58.2 cm³/mol. The molecule has 0 bridgehead atoms. The van der Waals surface area contributed by atoms with Gasteiger partial charge in [-0.15, -0.1) is 0 Å². The molecule has 0 saturated heterocycles. The maximum atomic E-state index is 9.14. The van der Waals surface area contributed by atoms with E-state index in [1.54, 1.807) is 0 Å². The second kappa shape index (κ2) is 4.48. The maximum Gasteiger partial charge on any atom is 0.108 e. The van der Waals surface area contributed by atoms with Crippen molar-refractivity contribution in [2.24, 2.45) is 5.92 Å². The Balaban J connectivity index is 2.24. The number of rotatable bonds is 2. The lowest BCUT2D eigenvalue weighted by Crippen LogP contribution is -2.23. The van der Waals surface area contributed by atoms with Crippen molar-refractivity contribution in [2.45, 2.75) is 45.1 Å². The van der Waals surface area contributed by atoms with Crippen molar-refractivity contribution >= 4 is 0 Å². The molecule has 2 unspecified atom stereocenters. The van der Waals surface area contributed by atoms with Crippen molar-refractivity contribution in [3.63, 3.8) is 0 Å². The standard InChI is InChI=1S/C12H17N3/c1-2-12-14-7-8-15(12)11-6-4-3-5-10(11)9-13/h7-8,10-11H,2-6H2,1H3. The Labute approximate surface area is 90.7 Å². The van der Waals surface area contributed by atoms with Gasteiger partial charge in [0.05, 0.1) is 18.0 Å². The van der Waals surface area contributed by atoms with Gasteiger partial charge in [-0.25, -0.2) is 4.98 Å². The zero-order valence-corrected chi connectivity index (χ0v) is 9.19. The quantitative estimate of drug-likeness (QED) is 0.741. The monoisotopic (exact) mass is 203 g/mol. The number of aromatic nitrogens is 2. The van der Waals surface area contributed by atoms with Crippen LogP contribution in [0.1, 0.15) is 44.5 Å². The van der Waals surface area contributed by atoms with E-state index in [1.165, 1.54) is 12.8 Å². The van der Waals surface area contributed by atoms with Crippen LogP contribution in [0.4, 0.5) is 0 Å². The molecule has 3 heteroatoms. The fourth-order valence-corrected chi connectivity index (χ4v) is 2.51. The summed E-state index contributed by atoms with van der Waals surface area (Å²) >= 11 is 0. The minimum Gasteiger partial charge on any atom is -0.331 e. The molecule has 1 saturated carbocycles.